The molecule has 13 nitrogen and oxygen atoms in total. The van der Waals surface area contributed by atoms with E-state index in [0.29, 0.717) is 24.7 Å². The van der Waals surface area contributed by atoms with Gasteiger partial charge in [0.25, 0.3) is 0 Å². The van der Waals surface area contributed by atoms with Gasteiger partial charge in [0.05, 0.1) is 12.5 Å². The number of aromatic nitrogens is 4. The molecule has 0 saturated carbocycles. The molecule has 4 atom stereocenters. The summed E-state index contributed by atoms with van der Waals surface area (Å²) in [5, 5.41) is 24.7. The molecule has 13 heteroatoms. The van der Waals surface area contributed by atoms with Crippen LogP contribution in [0.5, 0.6) is 11.5 Å². The predicted molar refractivity (Wildman–Crippen MR) is 115 cm³/mol. The molecule has 1 fully saturated rings. The molecule has 172 valence electrons. The number of imidazole rings is 1. The Bertz CT molecular complexity index is 1250. The minimum Gasteiger partial charge on any atom is -0.486 e. The van der Waals surface area contributed by atoms with Gasteiger partial charge in [-0.2, -0.15) is 15.1 Å². The van der Waals surface area contributed by atoms with Crippen LogP contribution in [0.15, 0.2) is 29.6 Å². The molecule has 5 N–H and O–H groups in total. The zero-order valence-corrected chi connectivity index (χ0v) is 17.5. The van der Waals surface area contributed by atoms with Crippen molar-refractivity contribution in [2.45, 2.75) is 31.5 Å². The van der Waals surface area contributed by atoms with Crippen molar-refractivity contribution in [2.75, 3.05) is 24.4 Å². The Morgan fingerprint density at radius 1 is 1.24 bits per heavy atom. The van der Waals surface area contributed by atoms with E-state index in [1.165, 1.54) is 17.8 Å². The number of nitrogen functional groups attached to an aromatic ring is 1. The molecule has 0 amide bonds. The van der Waals surface area contributed by atoms with E-state index >= 15 is 0 Å². The van der Waals surface area contributed by atoms with Crippen molar-refractivity contribution in [1.82, 2.24) is 19.5 Å². The van der Waals surface area contributed by atoms with E-state index in [4.69, 9.17) is 19.9 Å². The summed E-state index contributed by atoms with van der Waals surface area (Å²) in [6, 6.07) is 5.41. The number of ether oxygens (including phenoxy) is 3. The zero-order chi connectivity index (χ0) is 23.1. The number of benzene rings is 1. The third kappa shape index (κ3) is 3.82. The molecule has 2 aliphatic rings. The second-order valence-corrected chi connectivity index (χ2v) is 7.57. The number of aliphatic hydroxyl groups is 2. The lowest BCUT2D eigenvalue weighted by molar-refractivity contribution is -0.133. The highest BCUT2D eigenvalue weighted by Crippen LogP contribution is 2.33. The molecule has 3 aromatic rings. The summed E-state index contributed by atoms with van der Waals surface area (Å²) in [5.74, 6) is 1.06. The third-order valence-electron chi connectivity index (χ3n) is 5.31. The van der Waals surface area contributed by atoms with Crippen LogP contribution in [0.4, 0.5) is 11.8 Å². The van der Waals surface area contributed by atoms with Gasteiger partial charge in [-0.05, 0) is 30.7 Å². The molecular weight excluding hydrogens is 434 g/mol. The molecule has 0 radical (unpaired) electrons. The van der Waals surface area contributed by atoms with Crippen LogP contribution >= 0.6 is 0 Å². The zero-order valence-electron chi connectivity index (χ0n) is 17.5. The first kappa shape index (κ1) is 21.1. The summed E-state index contributed by atoms with van der Waals surface area (Å²) in [6.45, 7) is 2.27. The minimum absolute atomic E-state index is 0.0756. The molecule has 0 unspecified atom stereocenters. The van der Waals surface area contributed by atoms with Gasteiger partial charge in [0.2, 0.25) is 5.95 Å². The number of hydrogen-bond acceptors (Lipinski definition) is 12. The van der Waals surface area contributed by atoms with Crippen LogP contribution < -0.4 is 20.6 Å². The van der Waals surface area contributed by atoms with Gasteiger partial charge in [0, 0.05) is 0 Å². The average Bonchev–Trinajstić information content (AvgIpc) is 3.35. The molecule has 1 aromatic carbocycles. The van der Waals surface area contributed by atoms with Crippen LogP contribution in [-0.4, -0.2) is 73.3 Å². The lowest BCUT2D eigenvalue weighted by Crippen LogP contribution is -2.34. The van der Waals surface area contributed by atoms with E-state index in [0.717, 1.165) is 5.56 Å². The molecule has 1 saturated heterocycles. The Hall–Kier alpha value is -3.81. The van der Waals surface area contributed by atoms with Crippen molar-refractivity contribution in [1.29, 1.82) is 0 Å². The number of ketones is 1. The van der Waals surface area contributed by atoms with Gasteiger partial charge in [0.15, 0.2) is 35.0 Å². The first-order valence-electron chi connectivity index (χ1n) is 10.1. The minimum atomic E-state index is -1.38. The van der Waals surface area contributed by atoms with Gasteiger partial charge in [-0.1, -0.05) is 0 Å². The van der Waals surface area contributed by atoms with Crippen molar-refractivity contribution in [3.8, 4) is 11.5 Å². The lowest BCUT2D eigenvalue weighted by Gasteiger charge is -2.18. The quantitative estimate of drug-likeness (QED) is 0.296. The number of Topliss-reactive ketones (excluding diaryl/α,β-unsaturated/α-hetero) is 1. The molecule has 4 heterocycles. The van der Waals surface area contributed by atoms with Crippen molar-refractivity contribution < 1.29 is 29.2 Å². The van der Waals surface area contributed by atoms with Crippen LogP contribution in [0.2, 0.25) is 0 Å². The maximum atomic E-state index is 11.7. The number of fused-ring (bicyclic) bond motifs is 2. The number of nitrogens with zero attached hydrogens (tertiary/aromatic N) is 5. The molecule has 0 bridgehead atoms. The van der Waals surface area contributed by atoms with Gasteiger partial charge in [-0.3, -0.25) is 9.36 Å². The summed E-state index contributed by atoms with van der Waals surface area (Å²) in [7, 11) is 0. The fourth-order valence-corrected chi connectivity index (χ4v) is 3.70. The van der Waals surface area contributed by atoms with Crippen LogP contribution in [0, 0.1) is 0 Å². The van der Waals surface area contributed by atoms with Gasteiger partial charge in [-0.25, -0.2) is 10.4 Å². The average molecular weight is 455 g/mol. The second-order valence-electron chi connectivity index (χ2n) is 7.57. The standard InChI is InChI=1S/C20H21N7O6/c1-9(28)16-14(29)15(30)19(33-16)27-8-22-13-17(21)24-20(25-18(13)27)26-23-7-10-2-3-11-12(6-10)32-5-4-31-11/h2-3,6-8,14-16,19,29-30H,4-5H2,1H3,(H3,21,24,25,26)/b23-7+/t14-,15+,16+,19+/m0/s1. The smallest absolute Gasteiger partial charge is 0.247 e. The van der Waals surface area contributed by atoms with Gasteiger partial charge >= 0.3 is 0 Å². The Balaban J connectivity index is 1.39. The van der Waals surface area contributed by atoms with E-state index in [-0.39, 0.29) is 22.9 Å². The predicted octanol–water partition coefficient (Wildman–Crippen LogP) is -0.166. The van der Waals surface area contributed by atoms with E-state index in [1.54, 1.807) is 18.3 Å². The van der Waals surface area contributed by atoms with Crippen LogP contribution in [0.3, 0.4) is 0 Å². The highest BCUT2D eigenvalue weighted by atomic mass is 16.6. The Labute approximate surface area is 186 Å². The third-order valence-corrected chi connectivity index (χ3v) is 5.31. The summed E-state index contributed by atoms with van der Waals surface area (Å²) < 4.78 is 18.0. The Morgan fingerprint density at radius 2 is 2.03 bits per heavy atom. The highest BCUT2D eigenvalue weighted by molar-refractivity contribution is 5.84. The fraction of sp³-hybridized carbons (Fsp3) is 0.350. The number of nitrogens with two attached hydrogens (primary N) is 1. The summed E-state index contributed by atoms with van der Waals surface area (Å²) in [5.41, 5.74) is 9.99. The van der Waals surface area contributed by atoms with Crippen LogP contribution in [0.25, 0.3) is 11.2 Å². The maximum absolute atomic E-state index is 11.7. The monoisotopic (exact) mass is 455 g/mol. The van der Waals surface area contributed by atoms with E-state index < -0.39 is 30.3 Å². The van der Waals surface area contributed by atoms with Crippen molar-refractivity contribution >= 4 is 34.9 Å². The molecular formula is C20H21N7O6. The van der Waals surface area contributed by atoms with Gasteiger partial charge in [-0.15, -0.1) is 0 Å². The van der Waals surface area contributed by atoms with Crippen molar-refractivity contribution in [3.63, 3.8) is 0 Å². The fourth-order valence-electron chi connectivity index (χ4n) is 3.70. The molecule has 0 spiro atoms. The van der Waals surface area contributed by atoms with Crippen molar-refractivity contribution in [3.05, 3.63) is 30.1 Å². The second kappa shape index (κ2) is 8.27. The Morgan fingerprint density at radius 3 is 2.79 bits per heavy atom. The number of aliphatic hydroxyl groups excluding tert-OH is 2. The first-order valence-corrected chi connectivity index (χ1v) is 10.1. The topological polar surface area (TPSA) is 179 Å². The number of nitrogens with one attached hydrogen (secondary N) is 1. The van der Waals surface area contributed by atoms with E-state index in [1.807, 2.05) is 6.07 Å². The number of anilines is 2. The highest BCUT2D eigenvalue weighted by Gasteiger charge is 2.46. The maximum Gasteiger partial charge on any atom is 0.247 e. The van der Waals surface area contributed by atoms with Crippen molar-refractivity contribution in [2.24, 2.45) is 5.10 Å². The van der Waals surface area contributed by atoms with Gasteiger partial charge < -0.3 is 30.2 Å². The number of hydrogen-bond donors (Lipinski definition) is 4. The largest absolute Gasteiger partial charge is 0.486 e. The van der Waals surface area contributed by atoms with Crippen LogP contribution in [0.1, 0.15) is 18.7 Å². The molecule has 5 rings (SSSR count). The first-order chi connectivity index (χ1) is 15.9. The molecule has 0 aliphatic carbocycles. The number of carbonyl (C=O) groups excluding carboxylic acids is 1. The SMILES string of the molecule is CC(=O)[C@H]1O[C@@H](n2cnc3c(N)nc(N/N=C/c4ccc5c(c4)OCCO5)nc32)[C@H](O)[C@@H]1O. The lowest BCUT2D eigenvalue weighted by atomic mass is 10.1. The molecule has 33 heavy (non-hydrogen) atoms. The molecule has 2 aromatic heterocycles. The summed E-state index contributed by atoms with van der Waals surface area (Å²) in [6.07, 6.45) is -2.08. The number of hydrazone groups is 1. The molecule has 2 aliphatic heterocycles. The van der Waals surface area contributed by atoms with Crippen LogP contribution in [-0.2, 0) is 9.53 Å². The normalized spacial score (nSPS) is 24.5. The van der Waals surface area contributed by atoms with E-state index in [2.05, 4.69) is 25.5 Å². The summed E-state index contributed by atoms with van der Waals surface area (Å²) in [4.78, 5) is 24.3. The summed E-state index contributed by atoms with van der Waals surface area (Å²) >= 11 is 0. The Kier molecular flexibility index (Phi) is 5.28. The van der Waals surface area contributed by atoms with Gasteiger partial charge in [0.1, 0.15) is 37.0 Å². The number of rotatable bonds is 5. The van der Waals surface area contributed by atoms with E-state index in [9.17, 15) is 15.0 Å². The number of carbonyl (C=O) groups is 1.